The molecule has 158 valence electrons. The van der Waals surface area contributed by atoms with Crippen LogP contribution in [0.1, 0.15) is 42.7 Å². The number of hydrogen-bond donors (Lipinski definition) is 0. The Balaban J connectivity index is 1.54. The zero-order valence-electron chi connectivity index (χ0n) is 16.4. The number of unbranched alkanes of at least 4 members (excludes halogenated alkanes) is 4. The van der Waals surface area contributed by atoms with Crippen LogP contribution in [0.3, 0.4) is 0 Å². The molecule has 9 heteroatoms. The van der Waals surface area contributed by atoms with Gasteiger partial charge in [-0.3, -0.25) is 9.59 Å². The largest absolute Gasteiger partial charge is 0.459 e. The van der Waals surface area contributed by atoms with E-state index in [1.54, 1.807) is 23.2 Å². The van der Waals surface area contributed by atoms with Crippen molar-refractivity contribution in [2.24, 2.45) is 0 Å². The molecule has 2 aromatic heterocycles. The zero-order chi connectivity index (χ0) is 20.6. The van der Waals surface area contributed by atoms with Gasteiger partial charge in [0, 0.05) is 38.1 Å². The van der Waals surface area contributed by atoms with Crippen LogP contribution >= 0.6 is 27.5 Å². The van der Waals surface area contributed by atoms with E-state index in [9.17, 15) is 9.59 Å². The van der Waals surface area contributed by atoms with Gasteiger partial charge in [0.1, 0.15) is 5.02 Å². The summed E-state index contributed by atoms with van der Waals surface area (Å²) in [6.45, 7) is 2.83. The van der Waals surface area contributed by atoms with Crippen LogP contribution in [0.2, 0.25) is 5.02 Å². The van der Waals surface area contributed by atoms with E-state index in [2.05, 4.69) is 21.0 Å². The van der Waals surface area contributed by atoms with Crippen LogP contribution in [0.4, 0.5) is 5.69 Å². The molecule has 0 aliphatic carbocycles. The molecule has 1 amide bonds. The number of hydrogen-bond acceptors (Lipinski definition) is 5. The van der Waals surface area contributed by atoms with Crippen molar-refractivity contribution in [2.75, 3.05) is 36.4 Å². The molecule has 0 radical (unpaired) electrons. The first-order chi connectivity index (χ1) is 14.1. The molecule has 29 heavy (non-hydrogen) atoms. The summed E-state index contributed by atoms with van der Waals surface area (Å²) in [6, 6.07) is 3.37. The van der Waals surface area contributed by atoms with Crippen LogP contribution in [0.15, 0.2) is 33.8 Å². The molecule has 0 atom stereocenters. The average Bonchev–Trinajstić information content (AvgIpc) is 3.28. The van der Waals surface area contributed by atoms with Crippen molar-refractivity contribution in [3.63, 3.8) is 0 Å². The molecule has 0 unspecified atom stereocenters. The van der Waals surface area contributed by atoms with Crippen molar-refractivity contribution in [3.8, 4) is 0 Å². The maximum absolute atomic E-state index is 12.6. The van der Waals surface area contributed by atoms with E-state index in [0.717, 1.165) is 24.6 Å². The predicted molar refractivity (Wildman–Crippen MR) is 117 cm³/mol. The summed E-state index contributed by atoms with van der Waals surface area (Å²) in [5.74, 6) is 0.221. The zero-order valence-corrected chi connectivity index (χ0v) is 18.7. The molecule has 3 heterocycles. The lowest BCUT2D eigenvalue weighted by Crippen LogP contribution is -2.49. The number of rotatable bonds is 9. The number of nitrogens with zero attached hydrogens (tertiary/aromatic N) is 4. The Morgan fingerprint density at radius 3 is 2.55 bits per heavy atom. The van der Waals surface area contributed by atoms with E-state index in [1.807, 2.05) is 4.90 Å². The molecule has 1 fully saturated rings. The Bertz CT molecular complexity index is 848. The molecule has 1 aliphatic heterocycles. The van der Waals surface area contributed by atoms with E-state index >= 15 is 0 Å². The first kappa shape index (κ1) is 21.9. The second kappa shape index (κ2) is 10.8. The number of halogens is 2. The van der Waals surface area contributed by atoms with Gasteiger partial charge in [0.15, 0.2) is 5.76 Å². The highest BCUT2D eigenvalue weighted by molar-refractivity contribution is 9.09. The van der Waals surface area contributed by atoms with Crippen LogP contribution in [0.5, 0.6) is 0 Å². The van der Waals surface area contributed by atoms with Gasteiger partial charge in [0.2, 0.25) is 0 Å². The lowest BCUT2D eigenvalue weighted by Gasteiger charge is -2.35. The Morgan fingerprint density at radius 1 is 1.14 bits per heavy atom. The fourth-order valence-electron chi connectivity index (χ4n) is 3.43. The number of carbonyl (C=O) groups is 1. The molecular weight excluding hydrogens is 460 g/mol. The summed E-state index contributed by atoms with van der Waals surface area (Å²) < 4.78 is 6.64. The van der Waals surface area contributed by atoms with Gasteiger partial charge < -0.3 is 14.2 Å². The normalized spacial score (nSPS) is 14.4. The Hall–Kier alpha value is -1.80. The van der Waals surface area contributed by atoms with Crippen LogP contribution in [-0.4, -0.2) is 52.1 Å². The van der Waals surface area contributed by atoms with E-state index < -0.39 is 0 Å². The number of aromatic nitrogens is 2. The second-order valence-electron chi connectivity index (χ2n) is 7.09. The number of piperazine rings is 1. The Morgan fingerprint density at radius 2 is 1.86 bits per heavy atom. The summed E-state index contributed by atoms with van der Waals surface area (Å²) in [7, 11) is 0. The minimum atomic E-state index is -0.251. The molecule has 3 rings (SSSR count). The monoisotopic (exact) mass is 484 g/mol. The van der Waals surface area contributed by atoms with Crippen molar-refractivity contribution < 1.29 is 9.21 Å². The number of furan rings is 1. The van der Waals surface area contributed by atoms with Gasteiger partial charge in [-0.05, 0) is 25.0 Å². The van der Waals surface area contributed by atoms with Crippen molar-refractivity contribution in [1.82, 2.24) is 14.7 Å². The minimum absolute atomic E-state index is 0.120. The third-order valence-corrected chi connectivity index (χ3v) is 6.03. The van der Waals surface area contributed by atoms with Crippen molar-refractivity contribution >= 4 is 39.1 Å². The summed E-state index contributed by atoms with van der Waals surface area (Å²) in [4.78, 5) is 28.7. The van der Waals surface area contributed by atoms with E-state index in [-0.39, 0.29) is 16.5 Å². The Labute approximate surface area is 183 Å². The lowest BCUT2D eigenvalue weighted by atomic mass is 10.1. The van der Waals surface area contributed by atoms with E-state index in [4.69, 9.17) is 16.0 Å². The van der Waals surface area contributed by atoms with Crippen LogP contribution in [-0.2, 0) is 6.54 Å². The highest BCUT2D eigenvalue weighted by Gasteiger charge is 2.25. The molecule has 0 bridgehead atoms. The van der Waals surface area contributed by atoms with Gasteiger partial charge in [-0.2, -0.15) is 5.10 Å². The highest BCUT2D eigenvalue weighted by Crippen LogP contribution is 2.23. The van der Waals surface area contributed by atoms with Gasteiger partial charge >= 0.3 is 0 Å². The van der Waals surface area contributed by atoms with Crippen LogP contribution < -0.4 is 10.5 Å². The Kier molecular flexibility index (Phi) is 8.18. The van der Waals surface area contributed by atoms with Gasteiger partial charge in [0.25, 0.3) is 11.5 Å². The third-order valence-electron chi connectivity index (χ3n) is 5.11. The van der Waals surface area contributed by atoms with Gasteiger partial charge in [-0.15, -0.1) is 0 Å². The molecule has 7 nitrogen and oxygen atoms in total. The third kappa shape index (κ3) is 5.63. The minimum Gasteiger partial charge on any atom is -0.459 e. The van der Waals surface area contributed by atoms with Crippen molar-refractivity contribution in [1.29, 1.82) is 0 Å². The molecule has 1 saturated heterocycles. The molecule has 2 aromatic rings. The molecule has 1 aliphatic rings. The molecule has 0 saturated carbocycles. The first-order valence-corrected chi connectivity index (χ1v) is 11.5. The van der Waals surface area contributed by atoms with Gasteiger partial charge in [0.05, 0.1) is 18.1 Å². The summed E-state index contributed by atoms with van der Waals surface area (Å²) >= 11 is 9.81. The predicted octanol–water partition coefficient (Wildman–Crippen LogP) is 3.80. The smallest absolute Gasteiger partial charge is 0.289 e. The quantitative estimate of drug-likeness (QED) is 0.399. The summed E-state index contributed by atoms with van der Waals surface area (Å²) in [6.07, 6.45) is 8.68. The van der Waals surface area contributed by atoms with Crippen LogP contribution in [0.25, 0.3) is 0 Å². The summed E-state index contributed by atoms with van der Waals surface area (Å²) in [5, 5.41) is 5.56. The number of amides is 1. The first-order valence-electron chi connectivity index (χ1n) is 10.0. The van der Waals surface area contributed by atoms with E-state index in [0.29, 0.717) is 44.2 Å². The number of alkyl halides is 1. The van der Waals surface area contributed by atoms with Gasteiger partial charge in [-0.1, -0.05) is 46.8 Å². The fourth-order valence-corrected chi connectivity index (χ4v) is 4.09. The fraction of sp³-hybridized carbons (Fsp3) is 0.550. The molecule has 0 spiro atoms. The topological polar surface area (TPSA) is 71.6 Å². The molecule has 0 aromatic carbocycles. The van der Waals surface area contributed by atoms with Crippen molar-refractivity contribution in [3.05, 3.63) is 45.7 Å². The van der Waals surface area contributed by atoms with E-state index in [1.165, 1.54) is 23.8 Å². The van der Waals surface area contributed by atoms with Gasteiger partial charge in [-0.25, -0.2) is 4.68 Å². The average molecular weight is 486 g/mol. The number of anilines is 1. The SMILES string of the molecule is O=C(c1ccco1)N1CCN(c2cnn(CCCCCCCBr)c(=O)c2Cl)CC1. The molecule has 0 N–H and O–H groups in total. The summed E-state index contributed by atoms with van der Waals surface area (Å²) in [5.41, 5.74) is 0.383. The highest BCUT2D eigenvalue weighted by atomic mass is 79.9. The van der Waals surface area contributed by atoms with Crippen molar-refractivity contribution in [2.45, 2.75) is 38.6 Å². The maximum atomic E-state index is 12.6. The number of aryl methyl sites for hydroxylation is 1. The standard InChI is InChI=1S/C20H26BrClN4O3/c21-8-4-2-1-3-5-9-26-20(28)18(22)16(15-23-26)24-10-12-25(13-11-24)19(27)17-7-6-14-29-17/h6-7,14-15H,1-5,8-13H2. The second-order valence-corrected chi connectivity index (χ2v) is 8.26. The molecular formula is C20H26BrClN4O3. The van der Waals surface area contributed by atoms with Crippen LogP contribution in [0, 0.1) is 0 Å². The number of carbonyl (C=O) groups excluding carboxylic acids is 1. The maximum Gasteiger partial charge on any atom is 0.289 e. The lowest BCUT2D eigenvalue weighted by molar-refractivity contribution is 0.0714.